The van der Waals surface area contributed by atoms with Crippen molar-refractivity contribution in [2.75, 3.05) is 0 Å². The molecule has 104 valence electrons. The standard InChI is InChI=1S/C14H17N5O/c1-2-12-5-7-13(8-6-12)20-11-14-16-17-18-19(14)10-4-3-9-15/h5-8H,2-4,10-11H2,1H3. The maximum atomic E-state index is 8.52. The van der Waals surface area contributed by atoms with Crippen LogP contribution < -0.4 is 4.74 Å². The van der Waals surface area contributed by atoms with Crippen LogP contribution in [0.3, 0.4) is 0 Å². The summed E-state index contributed by atoms with van der Waals surface area (Å²) in [5.74, 6) is 1.47. The third-order valence-electron chi connectivity index (χ3n) is 2.96. The number of nitriles is 1. The Morgan fingerprint density at radius 3 is 2.80 bits per heavy atom. The molecular formula is C14H17N5O. The second-order valence-electron chi connectivity index (χ2n) is 4.37. The van der Waals surface area contributed by atoms with Gasteiger partial charge in [0.2, 0.25) is 0 Å². The Hall–Kier alpha value is -2.42. The van der Waals surface area contributed by atoms with Crippen LogP contribution in [0.15, 0.2) is 24.3 Å². The fourth-order valence-electron chi connectivity index (χ4n) is 1.78. The van der Waals surface area contributed by atoms with Crippen molar-refractivity contribution >= 4 is 0 Å². The van der Waals surface area contributed by atoms with Gasteiger partial charge in [-0.05, 0) is 41.0 Å². The Morgan fingerprint density at radius 1 is 1.30 bits per heavy atom. The van der Waals surface area contributed by atoms with E-state index >= 15 is 0 Å². The molecule has 2 rings (SSSR count). The van der Waals surface area contributed by atoms with E-state index < -0.39 is 0 Å². The normalized spacial score (nSPS) is 10.2. The molecule has 0 atom stereocenters. The molecule has 0 aliphatic rings. The van der Waals surface area contributed by atoms with Gasteiger partial charge >= 0.3 is 0 Å². The summed E-state index contributed by atoms with van der Waals surface area (Å²) in [5, 5.41) is 20.0. The van der Waals surface area contributed by atoms with Gasteiger partial charge in [-0.3, -0.25) is 0 Å². The van der Waals surface area contributed by atoms with Gasteiger partial charge in [0.25, 0.3) is 0 Å². The van der Waals surface area contributed by atoms with Crippen LogP contribution in [-0.2, 0) is 19.6 Å². The third kappa shape index (κ3) is 3.79. The summed E-state index contributed by atoms with van der Waals surface area (Å²) in [6.45, 7) is 3.07. The summed E-state index contributed by atoms with van der Waals surface area (Å²) in [6, 6.07) is 10.1. The highest BCUT2D eigenvalue weighted by atomic mass is 16.5. The van der Waals surface area contributed by atoms with Crippen LogP contribution in [0.25, 0.3) is 0 Å². The van der Waals surface area contributed by atoms with Gasteiger partial charge in [-0.2, -0.15) is 5.26 Å². The van der Waals surface area contributed by atoms with Gasteiger partial charge in [0.05, 0.1) is 6.07 Å². The summed E-state index contributed by atoms with van der Waals surface area (Å²) < 4.78 is 7.35. The maximum Gasteiger partial charge on any atom is 0.189 e. The lowest BCUT2D eigenvalue weighted by atomic mass is 10.2. The molecule has 0 radical (unpaired) electrons. The molecule has 0 bridgehead atoms. The van der Waals surface area contributed by atoms with E-state index in [-0.39, 0.29) is 0 Å². The van der Waals surface area contributed by atoms with Crippen molar-refractivity contribution in [3.05, 3.63) is 35.7 Å². The molecule has 1 aromatic carbocycles. The first kappa shape index (κ1) is 14.0. The van der Waals surface area contributed by atoms with Crippen LogP contribution in [0.5, 0.6) is 5.75 Å². The second kappa shape index (κ2) is 7.24. The van der Waals surface area contributed by atoms with Crippen molar-refractivity contribution in [2.45, 2.75) is 39.3 Å². The smallest absolute Gasteiger partial charge is 0.189 e. The first-order valence-corrected chi connectivity index (χ1v) is 6.67. The molecule has 0 aliphatic heterocycles. The van der Waals surface area contributed by atoms with Crippen LogP contribution in [-0.4, -0.2) is 20.2 Å². The van der Waals surface area contributed by atoms with Crippen molar-refractivity contribution in [3.8, 4) is 11.8 Å². The largest absolute Gasteiger partial charge is 0.486 e. The number of benzene rings is 1. The fourth-order valence-corrected chi connectivity index (χ4v) is 1.78. The minimum Gasteiger partial charge on any atom is -0.486 e. The number of aromatic nitrogens is 4. The van der Waals surface area contributed by atoms with E-state index in [4.69, 9.17) is 10.00 Å². The maximum absolute atomic E-state index is 8.52. The highest BCUT2D eigenvalue weighted by Gasteiger charge is 2.06. The summed E-state index contributed by atoms with van der Waals surface area (Å²) in [5.41, 5.74) is 1.28. The van der Waals surface area contributed by atoms with Crippen LogP contribution in [0.1, 0.15) is 31.2 Å². The van der Waals surface area contributed by atoms with Crippen molar-refractivity contribution in [1.82, 2.24) is 20.2 Å². The quantitative estimate of drug-likeness (QED) is 0.721. The average Bonchev–Trinajstić information content (AvgIpc) is 2.93. The monoisotopic (exact) mass is 271 g/mol. The van der Waals surface area contributed by atoms with Crippen molar-refractivity contribution in [2.24, 2.45) is 0 Å². The van der Waals surface area contributed by atoms with Gasteiger partial charge in [-0.15, -0.1) is 5.10 Å². The molecule has 0 saturated carbocycles. The van der Waals surface area contributed by atoms with Crippen LogP contribution in [0, 0.1) is 11.3 Å². The SMILES string of the molecule is CCc1ccc(OCc2nnnn2CCCC#N)cc1. The third-order valence-corrected chi connectivity index (χ3v) is 2.96. The van der Waals surface area contributed by atoms with E-state index in [2.05, 4.69) is 28.5 Å². The summed E-state index contributed by atoms with van der Waals surface area (Å²) in [6.07, 6.45) is 2.25. The van der Waals surface area contributed by atoms with Gasteiger partial charge in [-0.1, -0.05) is 19.1 Å². The first-order valence-electron chi connectivity index (χ1n) is 6.67. The minimum absolute atomic E-state index is 0.324. The van der Waals surface area contributed by atoms with E-state index in [1.807, 2.05) is 24.3 Å². The summed E-state index contributed by atoms with van der Waals surface area (Å²) >= 11 is 0. The Morgan fingerprint density at radius 2 is 2.10 bits per heavy atom. The number of unbranched alkanes of at least 4 members (excludes halogenated alkanes) is 1. The molecule has 1 heterocycles. The van der Waals surface area contributed by atoms with E-state index in [9.17, 15) is 0 Å². The molecule has 1 aromatic heterocycles. The Bertz CT molecular complexity index is 570. The topological polar surface area (TPSA) is 76.6 Å². The number of hydrogen-bond acceptors (Lipinski definition) is 5. The number of aryl methyl sites for hydroxylation is 2. The predicted octanol–water partition coefficient (Wildman–Crippen LogP) is 2.12. The van der Waals surface area contributed by atoms with Crippen LogP contribution >= 0.6 is 0 Å². The van der Waals surface area contributed by atoms with Crippen molar-refractivity contribution in [1.29, 1.82) is 5.26 Å². The number of rotatable bonds is 7. The molecule has 6 heteroatoms. The molecule has 0 saturated heterocycles. The molecule has 20 heavy (non-hydrogen) atoms. The zero-order chi connectivity index (χ0) is 14.2. The number of ether oxygens (including phenoxy) is 1. The van der Waals surface area contributed by atoms with Gasteiger partial charge in [0.1, 0.15) is 12.4 Å². The Labute approximate surface area is 118 Å². The van der Waals surface area contributed by atoms with E-state index in [1.165, 1.54) is 5.56 Å². The van der Waals surface area contributed by atoms with E-state index in [1.54, 1.807) is 4.68 Å². The van der Waals surface area contributed by atoms with Crippen LogP contribution in [0.4, 0.5) is 0 Å². The number of hydrogen-bond donors (Lipinski definition) is 0. The zero-order valence-electron chi connectivity index (χ0n) is 11.5. The van der Waals surface area contributed by atoms with E-state index in [0.29, 0.717) is 25.4 Å². The highest BCUT2D eigenvalue weighted by molar-refractivity contribution is 5.27. The zero-order valence-corrected chi connectivity index (χ0v) is 11.5. The molecule has 0 unspecified atom stereocenters. The molecular weight excluding hydrogens is 254 g/mol. The summed E-state index contributed by atoms with van der Waals surface area (Å²) in [7, 11) is 0. The molecule has 2 aromatic rings. The van der Waals surface area contributed by atoms with Gasteiger partial charge in [0, 0.05) is 13.0 Å². The van der Waals surface area contributed by atoms with E-state index in [0.717, 1.165) is 18.6 Å². The summed E-state index contributed by atoms with van der Waals surface area (Å²) in [4.78, 5) is 0. The number of nitrogens with zero attached hydrogens (tertiary/aromatic N) is 5. The predicted molar refractivity (Wildman–Crippen MR) is 72.8 cm³/mol. The number of tetrazole rings is 1. The molecule has 6 nitrogen and oxygen atoms in total. The molecule has 0 N–H and O–H groups in total. The fraction of sp³-hybridized carbons (Fsp3) is 0.429. The molecule has 0 fully saturated rings. The first-order chi connectivity index (χ1) is 9.83. The lowest BCUT2D eigenvalue weighted by Gasteiger charge is -2.07. The highest BCUT2D eigenvalue weighted by Crippen LogP contribution is 2.13. The van der Waals surface area contributed by atoms with Crippen molar-refractivity contribution in [3.63, 3.8) is 0 Å². The van der Waals surface area contributed by atoms with Gasteiger partial charge in [0.15, 0.2) is 5.82 Å². The lowest BCUT2D eigenvalue weighted by Crippen LogP contribution is -2.09. The van der Waals surface area contributed by atoms with Gasteiger partial charge in [-0.25, -0.2) is 4.68 Å². The molecule has 0 amide bonds. The van der Waals surface area contributed by atoms with Crippen LogP contribution in [0.2, 0.25) is 0 Å². The molecule has 0 spiro atoms. The minimum atomic E-state index is 0.324. The van der Waals surface area contributed by atoms with Crippen molar-refractivity contribution < 1.29 is 4.74 Å². The second-order valence-corrected chi connectivity index (χ2v) is 4.37. The lowest BCUT2D eigenvalue weighted by molar-refractivity contribution is 0.286. The van der Waals surface area contributed by atoms with Gasteiger partial charge < -0.3 is 4.74 Å². The Balaban J connectivity index is 1.90. The molecule has 0 aliphatic carbocycles. The average molecular weight is 271 g/mol. The Kier molecular flexibility index (Phi) is 5.07.